The largest absolute Gasteiger partial charge is 0.397 e. The predicted octanol–water partition coefficient (Wildman–Crippen LogP) is 2.58. The molecule has 3 heteroatoms. The van der Waals surface area contributed by atoms with Gasteiger partial charge in [0.25, 0.3) is 0 Å². The van der Waals surface area contributed by atoms with Crippen LogP contribution < -0.4 is 11.1 Å². The lowest BCUT2D eigenvalue weighted by Gasteiger charge is -2.08. The van der Waals surface area contributed by atoms with Crippen molar-refractivity contribution >= 4 is 11.4 Å². The number of rotatable bonds is 3. The zero-order chi connectivity index (χ0) is 11.4. The monoisotopic (exact) mass is 213 g/mol. The third kappa shape index (κ3) is 2.51. The highest BCUT2D eigenvalue weighted by Crippen LogP contribution is 2.13. The first kappa shape index (κ1) is 10.5. The van der Waals surface area contributed by atoms with Gasteiger partial charge < -0.3 is 11.1 Å². The number of anilines is 2. The summed E-state index contributed by atoms with van der Waals surface area (Å²) < 4.78 is 0. The molecule has 0 radical (unpaired) electrons. The Kier molecular flexibility index (Phi) is 3.05. The minimum atomic E-state index is 0.649. The number of aryl methyl sites for hydroxylation is 1. The number of aromatic nitrogens is 1. The molecule has 0 saturated heterocycles. The van der Waals surface area contributed by atoms with E-state index in [1.165, 1.54) is 5.56 Å². The molecule has 0 aliphatic heterocycles. The van der Waals surface area contributed by atoms with Gasteiger partial charge >= 0.3 is 0 Å². The minimum absolute atomic E-state index is 0.649. The lowest BCUT2D eigenvalue weighted by Crippen LogP contribution is -2.04. The summed E-state index contributed by atoms with van der Waals surface area (Å²) in [7, 11) is 0. The van der Waals surface area contributed by atoms with Gasteiger partial charge in [-0.15, -0.1) is 0 Å². The third-order valence-electron chi connectivity index (χ3n) is 2.40. The smallest absolute Gasteiger partial charge is 0.0823 e. The fourth-order valence-electron chi connectivity index (χ4n) is 1.54. The molecule has 2 rings (SSSR count). The Labute approximate surface area is 95.3 Å². The molecule has 0 fully saturated rings. The molecule has 0 aliphatic rings. The van der Waals surface area contributed by atoms with E-state index in [1.807, 2.05) is 24.3 Å². The van der Waals surface area contributed by atoms with Crippen molar-refractivity contribution in [2.24, 2.45) is 0 Å². The molecule has 0 bridgehead atoms. The van der Waals surface area contributed by atoms with Gasteiger partial charge in [-0.1, -0.05) is 12.1 Å². The molecule has 82 valence electrons. The van der Waals surface area contributed by atoms with E-state index in [0.717, 1.165) is 17.1 Å². The van der Waals surface area contributed by atoms with Gasteiger partial charge in [0.05, 0.1) is 17.9 Å². The van der Waals surface area contributed by atoms with Crippen molar-refractivity contribution in [1.29, 1.82) is 0 Å². The lowest BCUT2D eigenvalue weighted by atomic mass is 10.2. The van der Waals surface area contributed by atoms with Crippen LogP contribution in [-0.2, 0) is 6.54 Å². The van der Waals surface area contributed by atoms with Crippen molar-refractivity contribution in [3.05, 3.63) is 53.9 Å². The number of pyridine rings is 1. The fourth-order valence-corrected chi connectivity index (χ4v) is 1.54. The maximum Gasteiger partial charge on any atom is 0.0823 e. The van der Waals surface area contributed by atoms with Crippen molar-refractivity contribution < 1.29 is 0 Å². The number of nitrogens with zero attached hydrogens (tertiary/aromatic N) is 1. The van der Waals surface area contributed by atoms with Gasteiger partial charge in [-0.05, 0) is 36.8 Å². The summed E-state index contributed by atoms with van der Waals surface area (Å²) in [6.07, 6.45) is 1.75. The second-order valence-corrected chi connectivity index (χ2v) is 3.76. The van der Waals surface area contributed by atoms with E-state index in [0.29, 0.717) is 6.54 Å². The Bertz CT molecular complexity index is 480. The zero-order valence-electron chi connectivity index (χ0n) is 9.27. The van der Waals surface area contributed by atoms with E-state index in [9.17, 15) is 0 Å². The van der Waals surface area contributed by atoms with Gasteiger partial charge in [-0.3, -0.25) is 4.98 Å². The van der Waals surface area contributed by atoms with Crippen LogP contribution in [0.25, 0.3) is 0 Å². The van der Waals surface area contributed by atoms with Crippen LogP contribution in [0.5, 0.6) is 0 Å². The first-order valence-corrected chi connectivity index (χ1v) is 5.25. The van der Waals surface area contributed by atoms with E-state index < -0.39 is 0 Å². The van der Waals surface area contributed by atoms with Crippen LogP contribution in [0.4, 0.5) is 11.4 Å². The van der Waals surface area contributed by atoms with E-state index in [4.69, 9.17) is 5.73 Å². The topological polar surface area (TPSA) is 50.9 Å². The second-order valence-electron chi connectivity index (χ2n) is 3.76. The van der Waals surface area contributed by atoms with E-state index in [1.54, 1.807) is 6.20 Å². The van der Waals surface area contributed by atoms with Gasteiger partial charge in [-0.2, -0.15) is 0 Å². The molecule has 1 aromatic heterocycles. The summed E-state index contributed by atoms with van der Waals surface area (Å²) in [4.78, 5) is 4.23. The fraction of sp³-hybridized carbons (Fsp3) is 0.154. The Hall–Kier alpha value is -2.03. The quantitative estimate of drug-likeness (QED) is 0.824. The number of hydrogen-bond donors (Lipinski definition) is 2. The summed E-state index contributed by atoms with van der Waals surface area (Å²) in [5.41, 5.74) is 9.74. The van der Waals surface area contributed by atoms with Crippen molar-refractivity contribution in [3.63, 3.8) is 0 Å². The average molecular weight is 213 g/mol. The number of nitrogen functional groups attached to an aromatic ring is 1. The van der Waals surface area contributed by atoms with E-state index in [-0.39, 0.29) is 0 Å². The van der Waals surface area contributed by atoms with Crippen molar-refractivity contribution in [1.82, 2.24) is 4.98 Å². The third-order valence-corrected chi connectivity index (χ3v) is 2.40. The Morgan fingerprint density at radius 2 is 2.12 bits per heavy atom. The predicted molar refractivity (Wildman–Crippen MR) is 67.2 cm³/mol. The van der Waals surface area contributed by atoms with Gasteiger partial charge in [0.2, 0.25) is 0 Å². The molecule has 0 aliphatic carbocycles. The summed E-state index contributed by atoms with van der Waals surface area (Å²) in [5.74, 6) is 0. The van der Waals surface area contributed by atoms with Crippen LogP contribution in [0.3, 0.4) is 0 Å². The van der Waals surface area contributed by atoms with Crippen LogP contribution >= 0.6 is 0 Å². The molecule has 1 aromatic carbocycles. The molecule has 2 aromatic rings. The summed E-state index contributed by atoms with van der Waals surface area (Å²) in [5, 5.41) is 3.30. The van der Waals surface area contributed by atoms with Crippen LogP contribution in [0.2, 0.25) is 0 Å². The van der Waals surface area contributed by atoms with E-state index >= 15 is 0 Å². The molecule has 3 N–H and O–H groups in total. The molecule has 1 heterocycles. The highest BCUT2D eigenvalue weighted by molar-refractivity contribution is 5.48. The van der Waals surface area contributed by atoms with Crippen LogP contribution in [0.1, 0.15) is 11.3 Å². The van der Waals surface area contributed by atoms with Crippen LogP contribution in [-0.4, -0.2) is 4.98 Å². The number of benzene rings is 1. The van der Waals surface area contributed by atoms with E-state index in [2.05, 4.69) is 29.4 Å². The number of nitrogens with one attached hydrogen (secondary N) is 1. The average Bonchev–Trinajstić information content (AvgIpc) is 2.28. The van der Waals surface area contributed by atoms with Crippen molar-refractivity contribution in [3.8, 4) is 0 Å². The molecule has 0 amide bonds. The summed E-state index contributed by atoms with van der Waals surface area (Å²) >= 11 is 0. The normalized spacial score (nSPS) is 10.1. The zero-order valence-corrected chi connectivity index (χ0v) is 9.27. The molecule has 0 saturated carbocycles. The van der Waals surface area contributed by atoms with Crippen LogP contribution in [0, 0.1) is 6.92 Å². The lowest BCUT2D eigenvalue weighted by molar-refractivity contribution is 1.05. The SMILES string of the molecule is Cc1cccc(NCc2ncccc2N)c1. The maximum absolute atomic E-state index is 5.81. The summed E-state index contributed by atoms with van der Waals surface area (Å²) in [6.45, 7) is 2.72. The highest BCUT2D eigenvalue weighted by atomic mass is 14.9. The molecular formula is C13H15N3. The molecule has 0 unspecified atom stereocenters. The number of hydrogen-bond acceptors (Lipinski definition) is 3. The Morgan fingerprint density at radius 1 is 1.25 bits per heavy atom. The van der Waals surface area contributed by atoms with Gasteiger partial charge in [-0.25, -0.2) is 0 Å². The molecule has 16 heavy (non-hydrogen) atoms. The first-order valence-electron chi connectivity index (χ1n) is 5.25. The summed E-state index contributed by atoms with van der Waals surface area (Å²) in [6, 6.07) is 11.9. The van der Waals surface area contributed by atoms with Crippen molar-refractivity contribution in [2.45, 2.75) is 13.5 Å². The minimum Gasteiger partial charge on any atom is -0.397 e. The van der Waals surface area contributed by atoms with Gasteiger partial charge in [0, 0.05) is 11.9 Å². The Morgan fingerprint density at radius 3 is 2.88 bits per heavy atom. The van der Waals surface area contributed by atoms with Crippen molar-refractivity contribution in [2.75, 3.05) is 11.1 Å². The molecule has 0 spiro atoms. The van der Waals surface area contributed by atoms with Gasteiger partial charge in [0.15, 0.2) is 0 Å². The number of nitrogens with two attached hydrogens (primary N) is 1. The molecular weight excluding hydrogens is 198 g/mol. The maximum atomic E-state index is 5.81. The highest BCUT2D eigenvalue weighted by Gasteiger charge is 1.99. The van der Waals surface area contributed by atoms with Gasteiger partial charge in [0.1, 0.15) is 0 Å². The second kappa shape index (κ2) is 4.66. The van der Waals surface area contributed by atoms with Crippen LogP contribution in [0.15, 0.2) is 42.6 Å². The standard InChI is InChI=1S/C13H15N3/c1-10-4-2-5-11(8-10)16-9-13-12(14)6-3-7-15-13/h2-8,16H,9,14H2,1H3. The molecule has 3 nitrogen and oxygen atoms in total. The Balaban J connectivity index is 2.05. The molecule has 0 atom stereocenters. The first-order chi connectivity index (χ1) is 7.75.